The minimum atomic E-state index is -0.691. The lowest BCUT2D eigenvalue weighted by Gasteiger charge is -2.36. The first kappa shape index (κ1) is 23.0. The predicted octanol–water partition coefficient (Wildman–Crippen LogP) is 2.71. The van der Waals surface area contributed by atoms with Gasteiger partial charge in [0, 0.05) is 25.0 Å². The molecule has 3 fully saturated rings. The molecule has 3 aliphatic rings. The van der Waals surface area contributed by atoms with Crippen LogP contribution in [-0.4, -0.2) is 88.5 Å². The van der Waals surface area contributed by atoms with Crippen LogP contribution in [-0.2, 0) is 11.3 Å². The van der Waals surface area contributed by atoms with Crippen LogP contribution in [0.3, 0.4) is 0 Å². The second-order valence-electron chi connectivity index (χ2n) is 9.91. The summed E-state index contributed by atoms with van der Waals surface area (Å²) in [6.07, 6.45) is 3.58. The smallest absolute Gasteiger partial charge is 0.320 e. The van der Waals surface area contributed by atoms with E-state index in [1.165, 1.54) is 12.8 Å². The number of rotatable bonds is 8. The lowest BCUT2D eigenvalue weighted by atomic mass is 10.2. The number of carbonyl (C=O) groups is 1. The maximum absolute atomic E-state index is 12.9. The van der Waals surface area contributed by atoms with Gasteiger partial charge in [0.15, 0.2) is 0 Å². The Morgan fingerprint density at radius 1 is 1.03 bits per heavy atom. The number of urea groups is 1. The second-order valence-corrected chi connectivity index (χ2v) is 9.91. The molecule has 1 aromatic carbocycles. The normalized spacial score (nSPS) is 22.5. The molecule has 0 aliphatic carbocycles. The van der Waals surface area contributed by atoms with Crippen LogP contribution in [0.1, 0.15) is 18.5 Å². The zero-order chi connectivity index (χ0) is 24.5. The summed E-state index contributed by atoms with van der Waals surface area (Å²) in [5.74, 6) is 0.710. The van der Waals surface area contributed by atoms with Crippen molar-refractivity contribution in [2.45, 2.75) is 37.6 Å². The average Bonchev–Trinajstić information content (AvgIpc) is 3.37. The molecule has 2 bridgehead atoms. The molecule has 2 aromatic heterocycles. The quantitative estimate of drug-likeness (QED) is 0.504. The fraction of sp³-hybridized carbons (Fsp3) is 0.444. The van der Waals surface area contributed by atoms with Crippen LogP contribution in [0.15, 0.2) is 54.7 Å². The van der Waals surface area contributed by atoms with Gasteiger partial charge in [-0.15, -0.1) is 0 Å². The van der Waals surface area contributed by atoms with Crippen molar-refractivity contribution in [3.05, 3.63) is 60.4 Å². The Hall–Kier alpha value is -3.43. The highest BCUT2D eigenvalue weighted by Crippen LogP contribution is 2.33. The van der Waals surface area contributed by atoms with Crippen molar-refractivity contribution in [3.8, 4) is 0 Å². The van der Waals surface area contributed by atoms with Crippen LogP contribution >= 0.6 is 0 Å². The van der Waals surface area contributed by atoms with Gasteiger partial charge < -0.3 is 29.9 Å². The molecular weight excluding hydrogens is 456 g/mol. The molecule has 3 atom stereocenters. The first-order chi connectivity index (χ1) is 17.6. The molecule has 3 unspecified atom stereocenters. The molecule has 9 nitrogen and oxygen atoms in total. The number of aliphatic hydroxyl groups is 1. The molecule has 0 saturated carbocycles. The van der Waals surface area contributed by atoms with E-state index in [4.69, 9.17) is 4.74 Å². The van der Waals surface area contributed by atoms with Gasteiger partial charge in [-0.3, -0.25) is 4.98 Å². The van der Waals surface area contributed by atoms with Gasteiger partial charge in [0.05, 0.1) is 67.6 Å². The molecular formula is C27H32N6O3. The van der Waals surface area contributed by atoms with Gasteiger partial charge in [-0.25, -0.2) is 9.78 Å². The highest BCUT2D eigenvalue weighted by atomic mass is 16.5. The number of ether oxygens (including phenoxy) is 1. The number of pyridine rings is 2. The third-order valence-electron chi connectivity index (χ3n) is 7.43. The van der Waals surface area contributed by atoms with Crippen molar-refractivity contribution in [1.82, 2.24) is 19.8 Å². The largest absolute Gasteiger partial charge is 0.389 e. The zero-order valence-corrected chi connectivity index (χ0v) is 20.3. The number of morpholine rings is 1. The molecule has 6 rings (SSSR count). The van der Waals surface area contributed by atoms with Crippen molar-refractivity contribution in [3.63, 3.8) is 0 Å². The number of amides is 2. The second kappa shape index (κ2) is 9.91. The minimum absolute atomic E-state index is 0.0602. The van der Waals surface area contributed by atoms with Crippen molar-refractivity contribution >= 4 is 28.4 Å². The number of hydrogen-bond donors (Lipinski definition) is 2. The number of carbonyl (C=O) groups excluding carboxylic acids is 1. The molecule has 2 amide bonds. The predicted molar refractivity (Wildman–Crippen MR) is 138 cm³/mol. The summed E-state index contributed by atoms with van der Waals surface area (Å²) in [4.78, 5) is 28.1. The topological polar surface area (TPSA) is 94.1 Å². The van der Waals surface area contributed by atoms with Crippen molar-refractivity contribution in [1.29, 1.82) is 0 Å². The SMILES string of the molecule is O=C1N(Cc2ccc(N3C4CCC3COC4)cn2)CCN1CC(O)CNc1ccc2ccccc2n1. The van der Waals surface area contributed by atoms with Crippen LogP contribution < -0.4 is 10.2 Å². The van der Waals surface area contributed by atoms with Crippen molar-refractivity contribution in [2.24, 2.45) is 0 Å². The minimum Gasteiger partial charge on any atom is -0.389 e. The summed E-state index contributed by atoms with van der Waals surface area (Å²) in [7, 11) is 0. The Bertz CT molecular complexity index is 1210. The summed E-state index contributed by atoms with van der Waals surface area (Å²) >= 11 is 0. The van der Waals surface area contributed by atoms with Gasteiger partial charge in [0.1, 0.15) is 5.82 Å². The number of anilines is 2. The van der Waals surface area contributed by atoms with Crippen molar-refractivity contribution in [2.75, 3.05) is 49.6 Å². The number of nitrogens with one attached hydrogen (secondary N) is 1. The van der Waals surface area contributed by atoms with Gasteiger partial charge in [0.2, 0.25) is 0 Å². The Balaban J connectivity index is 0.998. The van der Waals surface area contributed by atoms with Crippen LogP contribution in [0.5, 0.6) is 0 Å². The first-order valence-electron chi connectivity index (χ1n) is 12.8. The molecule has 2 N–H and O–H groups in total. The van der Waals surface area contributed by atoms with E-state index >= 15 is 0 Å². The van der Waals surface area contributed by atoms with E-state index in [1.54, 1.807) is 9.80 Å². The van der Waals surface area contributed by atoms with Crippen LogP contribution in [0, 0.1) is 0 Å². The van der Waals surface area contributed by atoms with E-state index in [9.17, 15) is 9.90 Å². The summed E-state index contributed by atoms with van der Waals surface area (Å²) in [5.41, 5.74) is 2.92. The monoisotopic (exact) mass is 488 g/mol. The number of benzene rings is 1. The molecule has 3 aromatic rings. The van der Waals surface area contributed by atoms with Gasteiger partial charge >= 0.3 is 6.03 Å². The number of nitrogens with zero attached hydrogens (tertiary/aromatic N) is 5. The van der Waals surface area contributed by atoms with Gasteiger partial charge in [-0.1, -0.05) is 18.2 Å². The van der Waals surface area contributed by atoms with E-state index in [0.717, 1.165) is 35.5 Å². The Morgan fingerprint density at radius 2 is 1.83 bits per heavy atom. The third-order valence-corrected chi connectivity index (χ3v) is 7.43. The van der Waals surface area contributed by atoms with Gasteiger partial charge in [-0.05, 0) is 43.2 Å². The number of para-hydroxylation sites is 1. The molecule has 5 heterocycles. The Labute approximate surface area is 210 Å². The number of fused-ring (bicyclic) bond motifs is 3. The fourth-order valence-electron chi connectivity index (χ4n) is 5.56. The standard InChI is InChI=1S/C27H32N6O3/c34-24(14-29-26-10-5-19-3-1-2-4-25(19)30-26)16-32-12-11-31(27(32)35)15-20-6-7-21(13-28-20)33-22-8-9-23(33)18-36-17-22/h1-7,10,13,22-24,34H,8-9,11-12,14-18H2,(H,29,30). The number of hydrogen-bond acceptors (Lipinski definition) is 7. The average molecular weight is 489 g/mol. The molecule has 0 radical (unpaired) electrons. The van der Waals surface area contributed by atoms with E-state index in [0.29, 0.717) is 44.1 Å². The van der Waals surface area contributed by atoms with Gasteiger partial charge in [-0.2, -0.15) is 0 Å². The van der Waals surface area contributed by atoms with E-state index < -0.39 is 6.10 Å². The molecule has 0 spiro atoms. The fourth-order valence-corrected chi connectivity index (χ4v) is 5.56. The molecule has 3 saturated heterocycles. The van der Waals surface area contributed by atoms with Crippen LogP contribution in [0.4, 0.5) is 16.3 Å². The molecule has 188 valence electrons. The highest BCUT2D eigenvalue weighted by molar-refractivity contribution is 5.80. The Morgan fingerprint density at radius 3 is 2.64 bits per heavy atom. The number of β-amino-alcohol motifs (C(OH)–C–C–N with tert-alkyl or cyclic N) is 1. The van der Waals surface area contributed by atoms with E-state index in [1.807, 2.05) is 48.7 Å². The van der Waals surface area contributed by atoms with E-state index in [2.05, 4.69) is 26.3 Å². The maximum atomic E-state index is 12.9. The maximum Gasteiger partial charge on any atom is 0.320 e. The lowest BCUT2D eigenvalue weighted by molar-refractivity contribution is 0.0906. The van der Waals surface area contributed by atoms with Crippen molar-refractivity contribution < 1.29 is 14.6 Å². The zero-order valence-electron chi connectivity index (χ0n) is 20.3. The van der Waals surface area contributed by atoms with Crippen LogP contribution in [0.2, 0.25) is 0 Å². The summed E-state index contributed by atoms with van der Waals surface area (Å²) in [5, 5.41) is 14.8. The first-order valence-corrected chi connectivity index (χ1v) is 12.8. The number of aromatic nitrogens is 2. The highest BCUT2D eigenvalue weighted by Gasteiger charge is 2.37. The molecule has 9 heteroatoms. The Kier molecular flexibility index (Phi) is 6.33. The summed E-state index contributed by atoms with van der Waals surface area (Å²) < 4.78 is 5.69. The van der Waals surface area contributed by atoms with Crippen LogP contribution in [0.25, 0.3) is 10.9 Å². The summed E-state index contributed by atoms with van der Waals surface area (Å²) in [6, 6.07) is 16.8. The summed E-state index contributed by atoms with van der Waals surface area (Å²) in [6.45, 7) is 3.87. The molecule has 3 aliphatic heterocycles. The lowest BCUT2D eigenvalue weighted by Crippen LogP contribution is -2.46. The number of aliphatic hydroxyl groups excluding tert-OH is 1. The third kappa shape index (κ3) is 4.68. The van der Waals surface area contributed by atoms with E-state index in [-0.39, 0.29) is 12.6 Å². The van der Waals surface area contributed by atoms with Gasteiger partial charge in [0.25, 0.3) is 0 Å². The molecule has 36 heavy (non-hydrogen) atoms.